The molecular formula is C16H14BrF2NO. The highest BCUT2D eigenvalue weighted by molar-refractivity contribution is 9.10. The van der Waals surface area contributed by atoms with Crippen LogP contribution in [0.2, 0.25) is 0 Å². The first-order valence-corrected chi connectivity index (χ1v) is 7.20. The Morgan fingerprint density at radius 1 is 1.24 bits per heavy atom. The average Bonchev–Trinajstić information content (AvgIpc) is 2.43. The summed E-state index contributed by atoms with van der Waals surface area (Å²) < 4.78 is 28.5. The zero-order chi connectivity index (χ0) is 15.6. The number of carbonyl (C=O) groups is 1. The number of benzene rings is 2. The van der Waals surface area contributed by atoms with Gasteiger partial charge in [-0.3, -0.25) is 4.79 Å². The summed E-state index contributed by atoms with van der Waals surface area (Å²) >= 11 is 3.34. The number of hydrogen-bond donors (Lipinski definition) is 1. The molecule has 2 nitrogen and oxygen atoms in total. The van der Waals surface area contributed by atoms with Gasteiger partial charge in [0.05, 0.1) is 6.04 Å². The van der Waals surface area contributed by atoms with Gasteiger partial charge in [-0.2, -0.15) is 0 Å². The van der Waals surface area contributed by atoms with E-state index in [1.54, 1.807) is 6.92 Å². The van der Waals surface area contributed by atoms with E-state index < -0.39 is 23.1 Å². The molecule has 0 fully saturated rings. The third kappa shape index (κ3) is 3.47. The van der Waals surface area contributed by atoms with Crippen molar-refractivity contribution < 1.29 is 13.6 Å². The van der Waals surface area contributed by atoms with Crippen LogP contribution in [-0.2, 0) is 0 Å². The van der Waals surface area contributed by atoms with Crippen molar-refractivity contribution in [2.45, 2.75) is 19.9 Å². The Balaban J connectivity index is 2.24. The number of rotatable bonds is 3. The first-order chi connectivity index (χ1) is 9.90. The van der Waals surface area contributed by atoms with Crippen molar-refractivity contribution in [3.05, 3.63) is 69.2 Å². The van der Waals surface area contributed by atoms with Crippen LogP contribution < -0.4 is 5.32 Å². The molecule has 1 amide bonds. The van der Waals surface area contributed by atoms with E-state index in [0.29, 0.717) is 0 Å². The number of carbonyl (C=O) groups excluding carboxylic acids is 1. The molecule has 0 aliphatic carbocycles. The molecule has 0 saturated carbocycles. The maximum atomic E-state index is 13.9. The average molecular weight is 354 g/mol. The highest BCUT2D eigenvalue weighted by atomic mass is 79.9. The molecule has 1 N–H and O–H groups in total. The molecule has 0 saturated heterocycles. The Morgan fingerprint density at radius 2 is 1.95 bits per heavy atom. The van der Waals surface area contributed by atoms with Gasteiger partial charge in [-0.05, 0) is 43.2 Å². The third-order valence-electron chi connectivity index (χ3n) is 3.21. The van der Waals surface area contributed by atoms with Gasteiger partial charge in [0.1, 0.15) is 17.2 Å². The Labute approximate surface area is 130 Å². The van der Waals surface area contributed by atoms with Gasteiger partial charge in [-0.1, -0.05) is 34.1 Å². The molecule has 0 radical (unpaired) electrons. The van der Waals surface area contributed by atoms with Gasteiger partial charge < -0.3 is 5.32 Å². The van der Waals surface area contributed by atoms with E-state index in [4.69, 9.17) is 0 Å². The zero-order valence-electron chi connectivity index (χ0n) is 11.6. The molecule has 110 valence electrons. The SMILES string of the molecule is Cc1ccc(F)c(C(=O)NC(C)c2cccc(Br)c2)c1F. The maximum absolute atomic E-state index is 13.9. The number of amides is 1. The van der Waals surface area contributed by atoms with E-state index in [0.717, 1.165) is 16.1 Å². The van der Waals surface area contributed by atoms with Crippen molar-refractivity contribution in [2.24, 2.45) is 0 Å². The predicted octanol–water partition coefficient (Wildman–Crippen LogP) is 4.53. The fourth-order valence-electron chi connectivity index (χ4n) is 1.99. The van der Waals surface area contributed by atoms with Gasteiger partial charge in [0.25, 0.3) is 5.91 Å². The van der Waals surface area contributed by atoms with Crippen LogP contribution in [0.15, 0.2) is 40.9 Å². The summed E-state index contributed by atoms with van der Waals surface area (Å²) in [5.74, 6) is -2.45. The van der Waals surface area contributed by atoms with Gasteiger partial charge in [0.15, 0.2) is 0 Å². The van der Waals surface area contributed by atoms with Crippen LogP contribution in [0.5, 0.6) is 0 Å². The third-order valence-corrected chi connectivity index (χ3v) is 3.70. The van der Waals surface area contributed by atoms with E-state index in [-0.39, 0.29) is 11.6 Å². The lowest BCUT2D eigenvalue weighted by molar-refractivity contribution is 0.0931. The first kappa shape index (κ1) is 15.6. The van der Waals surface area contributed by atoms with Crippen molar-refractivity contribution in [3.8, 4) is 0 Å². The molecule has 2 rings (SSSR count). The van der Waals surface area contributed by atoms with Gasteiger partial charge >= 0.3 is 0 Å². The van der Waals surface area contributed by atoms with Crippen LogP contribution in [-0.4, -0.2) is 5.91 Å². The smallest absolute Gasteiger partial charge is 0.257 e. The number of halogens is 3. The Kier molecular flexibility index (Phi) is 4.73. The molecule has 0 bridgehead atoms. The van der Waals surface area contributed by atoms with E-state index in [1.807, 2.05) is 24.3 Å². The van der Waals surface area contributed by atoms with E-state index in [2.05, 4.69) is 21.2 Å². The second-order valence-corrected chi connectivity index (χ2v) is 5.72. The van der Waals surface area contributed by atoms with Crippen molar-refractivity contribution in [1.29, 1.82) is 0 Å². The molecule has 5 heteroatoms. The van der Waals surface area contributed by atoms with Crippen molar-refractivity contribution in [1.82, 2.24) is 5.32 Å². The summed E-state index contributed by atoms with van der Waals surface area (Å²) in [7, 11) is 0. The Hall–Kier alpha value is -1.75. The molecule has 0 heterocycles. The lowest BCUT2D eigenvalue weighted by Crippen LogP contribution is -2.28. The fraction of sp³-hybridized carbons (Fsp3) is 0.188. The Morgan fingerprint density at radius 3 is 2.62 bits per heavy atom. The normalized spacial score (nSPS) is 12.0. The molecule has 2 aromatic carbocycles. The molecule has 1 atom stereocenters. The summed E-state index contributed by atoms with van der Waals surface area (Å²) in [5.41, 5.74) is 0.527. The molecule has 1 unspecified atom stereocenters. The number of aryl methyl sites for hydroxylation is 1. The van der Waals surface area contributed by atoms with Crippen LogP contribution in [0.25, 0.3) is 0 Å². The van der Waals surface area contributed by atoms with Crippen LogP contribution in [0.4, 0.5) is 8.78 Å². The second-order valence-electron chi connectivity index (χ2n) is 4.80. The molecule has 0 spiro atoms. The summed E-state index contributed by atoms with van der Waals surface area (Å²) in [6, 6.07) is 9.39. The summed E-state index contributed by atoms with van der Waals surface area (Å²) in [6.07, 6.45) is 0. The van der Waals surface area contributed by atoms with Crippen molar-refractivity contribution in [2.75, 3.05) is 0 Å². The van der Waals surface area contributed by atoms with Gasteiger partial charge in [0, 0.05) is 4.47 Å². The first-order valence-electron chi connectivity index (χ1n) is 6.41. The molecule has 0 aromatic heterocycles. The van der Waals surface area contributed by atoms with Gasteiger partial charge in [-0.25, -0.2) is 8.78 Å². The molecule has 21 heavy (non-hydrogen) atoms. The minimum Gasteiger partial charge on any atom is -0.345 e. The zero-order valence-corrected chi connectivity index (χ0v) is 13.2. The predicted molar refractivity (Wildman–Crippen MR) is 81.1 cm³/mol. The topological polar surface area (TPSA) is 29.1 Å². The maximum Gasteiger partial charge on any atom is 0.257 e. The standard InChI is InChI=1S/C16H14BrF2NO/c1-9-6-7-13(18)14(15(9)19)16(21)20-10(2)11-4-3-5-12(17)8-11/h3-8,10H,1-2H3,(H,20,21). The highest BCUT2D eigenvalue weighted by Crippen LogP contribution is 2.20. The second kappa shape index (κ2) is 6.35. The number of nitrogens with one attached hydrogen (secondary N) is 1. The number of hydrogen-bond acceptors (Lipinski definition) is 1. The summed E-state index contributed by atoms with van der Waals surface area (Å²) in [4.78, 5) is 12.1. The largest absolute Gasteiger partial charge is 0.345 e. The summed E-state index contributed by atoms with van der Waals surface area (Å²) in [6.45, 7) is 3.24. The monoisotopic (exact) mass is 353 g/mol. The van der Waals surface area contributed by atoms with Crippen molar-refractivity contribution in [3.63, 3.8) is 0 Å². The lowest BCUT2D eigenvalue weighted by Gasteiger charge is -2.15. The van der Waals surface area contributed by atoms with E-state index >= 15 is 0 Å². The molecule has 0 aliphatic rings. The van der Waals surface area contributed by atoms with Crippen LogP contribution in [0.1, 0.15) is 34.5 Å². The summed E-state index contributed by atoms with van der Waals surface area (Å²) in [5, 5.41) is 2.61. The fourth-order valence-corrected chi connectivity index (χ4v) is 2.41. The minimum absolute atomic E-state index is 0.233. The molecular weight excluding hydrogens is 340 g/mol. The van der Waals surface area contributed by atoms with Crippen LogP contribution in [0.3, 0.4) is 0 Å². The Bertz CT molecular complexity index is 688. The highest BCUT2D eigenvalue weighted by Gasteiger charge is 2.20. The van der Waals surface area contributed by atoms with Crippen LogP contribution >= 0.6 is 15.9 Å². The van der Waals surface area contributed by atoms with E-state index in [9.17, 15) is 13.6 Å². The van der Waals surface area contributed by atoms with Gasteiger partial charge in [0.2, 0.25) is 0 Å². The lowest BCUT2D eigenvalue weighted by atomic mass is 10.1. The van der Waals surface area contributed by atoms with E-state index in [1.165, 1.54) is 13.0 Å². The molecule has 0 aliphatic heterocycles. The quantitative estimate of drug-likeness (QED) is 0.862. The molecule has 2 aromatic rings. The van der Waals surface area contributed by atoms with Gasteiger partial charge in [-0.15, -0.1) is 0 Å². The van der Waals surface area contributed by atoms with Crippen molar-refractivity contribution >= 4 is 21.8 Å². The van der Waals surface area contributed by atoms with Crippen LogP contribution in [0, 0.1) is 18.6 Å². The minimum atomic E-state index is -0.864.